The van der Waals surface area contributed by atoms with Gasteiger partial charge in [0.15, 0.2) is 5.78 Å². The van der Waals surface area contributed by atoms with E-state index in [-0.39, 0.29) is 5.78 Å². The second-order valence-electron chi connectivity index (χ2n) is 5.73. The highest BCUT2D eigenvalue weighted by Gasteiger charge is 2.21. The average molecular weight is 344 g/mol. The molecule has 3 aromatic carbocycles. The molecule has 0 bridgehead atoms. The monoisotopic (exact) mass is 344 g/mol. The topological polar surface area (TPSA) is 26.3 Å². The Kier molecular flexibility index (Phi) is 4.08. The zero-order valence-electron chi connectivity index (χ0n) is 13.7. The van der Waals surface area contributed by atoms with Crippen LogP contribution in [0.15, 0.2) is 78.9 Å². The van der Waals surface area contributed by atoms with Crippen molar-refractivity contribution in [2.24, 2.45) is 0 Å². The lowest BCUT2D eigenvalue weighted by Crippen LogP contribution is -2.02. The Morgan fingerprint density at radius 3 is 2.24 bits per heavy atom. The van der Waals surface area contributed by atoms with Gasteiger partial charge in [-0.3, -0.25) is 4.79 Å². The van der Waals surface area contributed by atoms with Crippen molar-refractivity contribution in [3.05, 3.63) is 90.0 Å². The highest BCUT2D eigenvalue weighted by Crippen LogP contribution is 2.39. The van der Waals surface area contributed by atoms with Gasteiger partial charge in [-0.1, -0.05) is 48.5 Å². The molecule has 2 nitrogen and oxygen atoms in total. The van der Waals surface area contributed by atoms with Gasteiger partial charge < -0.3 is 4.74 Å². The summed E-state index contributed by atoms with van der Waals surface area (Å²) < 4.78 is 6.32. The fourth-order valence-electron chi connectivity index (χ4n) is 2.95. The normalized spacial score (nSPS) is 10.8. The molecule has 0 unspecified atom stereocenters. The Hall–Kier alpha value is -2.91. The lowest BCUT2D eigenvalue weighted by molar-refractivity contribution is 0.104. The highest BCUT2D eigenvalue weighted by molar-refractivity contribution is 7.22. The molecule has 0 radical (unpaired) electrons. The zero-order valence-corrected chi connectivity index (χ0v) is 14.5. The fourth-order valence-corrected chi connectivity index (χ4v) is 4.16. The number of ketones is 1. The Balaban J connectivity index is 1.91. The van der Waals surface area contributed by atoms with Crippen molar-refractivity contribution >= 4 is 27.2 Å². The number of thiophene rings is 1. The number of methoxy groups -OCH3 is 1. The Bertz CT molecular complexity index is 1030. The number of ether oxygens (including phenoxy) is 1. The van der Waals surface area contributed by atoms with Gasteiger partial charge in [0, 0.05) is 26.1 Å². The molecule has 0 fully saturated rings. The summed E-state index contributed by atoms with van der Waals surface area (Å²) in [5.74, 6) is 0.786. The van der Waals surface area contributed by atoms with Crippen LogP contribution in [0.5, 0.6) is 5.75 Å². The minimum Gasteiger partial charge on any atom is -0.497 e. The molecule has 0 aliphatic carbocycles. The third-order valence-corrected chi connectivity index (χ3v) is 5.43. The van der Waals surface area contributed by atoms with E-state index in [9.17, 15) is 4.79 Å². The van der Waals surface area contributed by atoms with Crippen LogP contribution in [0.4, 0.5) is 0 Å². The summed E-state index contributed by atoms with van der Waals surface area (Å²) in [5, 5.41) is 1.01. The highest BCUT2D eigenvalue weighted by atomic mass is 32.1. The smallest absolute Gasteiger partial charge is 0.195 e. The second kappa shape index (κ2) is 6.54. The molecule has 0 saturated carbocycles. The van der Waals surface area contributed by atoms with E-state index in [2.05, 4.69) is 18.2 Å². The van der Waals surface area contributed by atoms with Gasteiger partial charge in [0.1, 0.15) is 5.75 Å². The van der Waals surface area contributed by atoms with E-state index >= 15 is 0 Å². The number of rotatable bonds is 4. The van der Waals surface area contributed by atoms with Crippen LogP contribution in [-0.2, 0) is 0 Å². The van der Waals surface area contributed by atoms with Gasteiger partial charge in [-0.05, 0) is 35.9 Å². The SMILES string of the molecule is COc1ccc(C(=O)c2c(-c3ccccc3)sc3ccccc23)cc1. The summed E-state index contributed by atoms with van der Waals surface area (Å²) in [6.07, 6.45) is 0. The van der Waals surface area contributed by atoms with E-state index in [0.717, 1.165) is 31.8 Å². The van der Waals surface area contributed by atoms with E-state index in [1.54, 1.807) is 18.4 Å². The number of benzene rings is 3. The third kappa shape index (κ3) is 2.83. The summed E-state index contributed by atoms with van der Waals surface area (Å²) >= 11 is 1.66. The van der Waals surface area contributed by atoms with Crippen LogP contribution in [0.1, 0.15) is 15.9 Å². The Morgan fingerprint density at radius 1 is 0.840 bits per heavy atom. The predicted octanol–water partition coefficient (Wildman–Crippen LogP) is 5.81. The maximum Gasteiger partial charge on any atom is 0.195 e. The minimum absolute atomic E-state index is 0.0407. The summed E-state index contributed by atoms with van der Waals surface area (Å²) in [7, 11) is 1.62. The van der Waals surface area contributed by atoms with Gasteiger partial charge in [-0.15, -0.1) is 11.3 Å². The van der Waals surface area contributed by atoms with Gasteiger partial charge in [0.05, 0.1) is 7.11 Å². The first kappa shape index (κ1) is 15.6. The molecule has 0 N–H and O–H groups in total. The summed E-state index contributed by atoms with van der Waals surface area (Å²) in [4.78, 5) is 14.3. The van der Waals surface area contributed by atoms with Crippen molar-refractivity contribution in [1.29, 1.82) is 0 Å². The van der Waals surface area contributed by atoms with E-state index in [4.69, 9.17) is 4.74 Å². The minimum atomic E-state index is 0.0407. The third-order valence-electron chi connectivity index (χ3n) is 4.21. The number of hydrogen-bond acceptors (Lipinski definition) is 3. The first-order valence-electron chi connectivity index (χ1n) is 8.03. The molecule has 25 heavy (non-hydrogen) atoms. The van der Waals surface area contributed by atoms with Crippen molar-refractivity contribution in [3.8, 4) is 16.2 Å². The molecule has 1 aromatic heterocycles. The summed E-state index contributed by atoms with van der Waals surface area (Å²) in [5.41, 5.74) is 2.51. The number of carbonyl (C=O) groups is 1. The maximum absolute atomic E-state index is 13.3. The van der Waals surface area contributed by atoms with Crippen molar-refractivity contribution in [2.75, 3.05) is 7.11 Å². The lowest BCUT2D eigenvalue weighted by Gasteiger charge is -2.06. The molecule has 0 spiro atoms. The molecule has 0 atom stereocenters. The van der Waals surface area contributed by atoms with E-state index in [0.29, 0.717) is 5.56 Å². The molecule has 4 rings (SSSR count). The standard InChI is InChI=1S/C22H16O2S/c1-24-17-13-11-15(12-14-17)21(23)20-18-9-5-6-10-19(18)25-22(20)16-7-3-2-4-8-16/h2-14H,1H3. The van der Waals surface area contributed by atoms with Crippen LogP contribution in [0.3, 0.4) is 0 Å². The van der Waals surface area contributed by atoms with Crippen molar-refractivity contribution in [1.82, 2.24) is 0 Å². The Morgan fingerprint density at radius 2 is 1.52 bits per heavy atom. The van der Waals surface area contributed by atoms with Crippen LogP contribution in [0, 0.1) is 0 Å². The van der Waals surface area contributed by atoms with Gasteiger partial charge in [-0.25, -0.2) is 0 Å². The molecule has 3 heteroatoms. The first-order chi connectivity index (χ1) is 12.3. The molecule has 0 aliphatic rings. The fraction of sp³-hybridized carbons (Fsp3) is 0.0455. The van der Waals surface area contributed by atoms with Gasteiger partial charge in [0.25, 0.3) is 0 Å². The lowest BCUT2D eigenvalue weighted by atomic mass is 9.97. The van der Waals surface area contributed by atoms with Gasteiger partial charge in [0.2, 0.25) is 0 Å². The summed E-state index contributed by atoms with van der Waals surface area (Å²) in [6, 6.07) is 25.5. The molecule has 0 aliphatic heterocycles. The maximum atomic E-state index is 13.3. The molecule has 0 amide bonds. The summed E-state index contributed by atoms with van der Waals surface area (Å²) in [6.45, 7) is 0. The number of hydrogen-bond donors (Lipinski definition) is 0. The van der Waals surface area contributed by atoms with Crippen molar-refractivity contribution < 1.29 is 9.53 Å². The van der Waals surface area contributed by atoms with Crippen LogP contribution < -0.4 is 4.74 Å². The quantitative estimate of drug-likeness (QED) is 0.437. The van der Waals surface area contributed by atoms with E-state index in [1.807, 2.05) is 60.7 Å². The van der Waals surface area contributed by atoms with Crippen molar-refractivity contribution in [3.63, 3.8) is 0 Å². The zero-order chi connectivity index (χ0) is 17.2. The average Bonchev–Trinajstić information content (AvgIpc) is 3.08. The largest absolute Gasteiger partial charge is 0.497 e. The Labute approximate surface area is 150 Å². The van der Waals surface area contributed by atoms with Crippen molar-refractivity contribution in [2.45, 2.75) is 0 Å². The molecular formula is C22H16O2S. The first-order valence-corrected chi connectivity index (χ1v) is 8.85. The van der Waals surface area contributed by atoms with Crippen LogP contribution >= 0.6 is 11.3 Å². The van der Waals surface area contributed by atoms with Crippen LogP contribution in [0.25, 0.3) is 20.5 Å². The predicted molar refractivity (Wildman–Crippen MR) is 104 cm³/mol. The number of carbonyl (C=O) groups excluding carboxylic acids is 1. The molecule has 122 valence electrons. The molecule has 0 saturated heterocycles. The number of fused-ring (bicyclic) bond motifs is 1. The second-order valence-corrected chi connectivity index (χ2v) is 6.78. The van der Waals surface area contributed by atoms with Crippen LogP contribution in [-0.4, -0.2) is 12.9 Å². The van der Waals surface area contributed by atoms with E-state index in [1.165, 1.54) is 0 Å². The van der Waals surface area contributed by atoms with Crippen LogP contribution in [0.2, 0.25) is 0 Å². The molecule has 1 heterocycles. The van der Waals surface area contributed by atoms with E-state index < -0.39 is 0 Å². The van der Waals surface area contributed by atoms with Gasteiger partial charge >= 0.3 is 0 Å². The molecule has 4 aromatic rings. The molecular weight excluding hydrogens is 328 g/mol. The van der Waals surface area contributed by atoms with Gasteiger partial charge in [-0.2, -0.15) is 0 Å².